The number of carbonyl (C=O) groups is 1. The number of amides is 1. The van der Waals surface area contributed by atoms with Gasteiger partial charge in [-0.25, -0.2) is 8.78 Å². The van der Waals surface area contributed by atoms with E-state index >= 15 is 0 Å². The van der Waals surface area contributed by atoms with E-state index in [9.17, 15) is 13.6 Å². The lowest BCUT2D eigenvalue weighted by Crippen LogP contribution is -2.51. The van der Waals surface area contributed by atoms with Gasteiger partial charge in [-0.1, -0.05) is 15.9 Å². The molecule has 1 amide bonds. The summed E-state index contributed by atoms with van der Waals surface area (Å²) in [4.78, 5) is 12.1. The van der Waals surface area contributed by atoms with Crippen LogP contribution < -0.4 is 5.32 Å². The van der Waals surface area contributed by atoms with Crippen LogP contribution in [0.4, 0.5) is 8.78 Å². The lowest BCUT2D eigenvalue weighted by atomic mass is 9.89. The van der Waals surface area contributed by atoms with E-state index in [2.05, 4.69) is 21.2 Å². The standard InChI is InChI=1S/C14H11BrF2N2O/c1-14(10-4-8(15)2-3-11(10)17)7-19-6-9(16)5-12(19)13(20)18-14/h2-6H,7H2,1H3,(H,18,20). The lowest BCUT2D eigenvalue weighted by Gasteiger charge is -2.36. The average Bonchev–Trinajstić information content (AvgIpc) is 2.73. The van der Waals surface area contributed by atoms with Gasteiger partial charge in [0.1, 0.15) is 17.3 Å². The molecule has 2 heterocycles. The molecule has 3 rings (SSSR count). The Balaban J connectivity index is 2.10. The van der Waals surface area contributed by atoms with Crippen molar-refractivity contribution in [3.63, 3.8) is 0 Å². The first-order chi connectivity index (χ1) is 9.39. The van der Waals surface area contributed by atoms with E-state index in [1.807, 2.05) is 0 Å². The Morgan fingerprint density at radius 2 is 2.10 bits per heavy atom. The smallest absolute Gasteiger partial charge is 0.268 e. The predicted octanol–water partition coefficient (Wildman–Crippen LogP) is 3.19. The van der Waals surface area contributed by atoms with Crippen molar-refractivity contribution < 1.29 is 13.6 Å². The zero-order valence-corrected chi connectivity index (χ0v) is 12.2. The van der Waals surface area contributed by atoms with Crippen molar-refractivity contribution in [3.05, 3.63) is 57.8 Å². The van der Waals surface area contributed by atoms with Gasteiger partial charge in [-0.3, -0.25) is 4.79 Å². The number of benzene rings is 1. The van der Waals surface area contributed by atoms with E-state index in [0.717, 1.165) is 0 Å². The van der Waals surface area contributed by atoms with Gasteiger partial charge in [0, 0.05) is 22.3 Å². The van der Waals surface area contributed by atoms with Crippen LogP contribution >= 0.6 is 15.9 Å². The third-order valence-electron chi connectivity index (χ3n) is 3.49. The second kappa shape index (κ2) is 4.41. The molecule has 1 N–H and O–H groups in total. The first kappa shape index (κ1) is 13.3. The Kier molecular flexibility index (Phi) is 2.93. The molecule has 0 radical (unpaired) electrons. The van der Waals surface area contributed by atoms with Gasteiger partial charge in [-0.05, 0) is 25.1 Å². The molecule has 0 fully saturated rings. The summed E-state index contributed by atoms with van der Waals surface area (Å²) in [6, 6.07) is 5.73. The molecular formula is C14H11BrF2N2O. The van der Waals surface area contributed by atoms with Crippen molar-refractivity contribution in [1.82, 2.24) is 9.88 Å². The molecule has 6 heteroatoms. The fourth-order valence-electron chi connectivity index (χ4n) is 2.56. The lowest BCUT2D eigenvalue weighted by molar-refractivity contribution is 0.0845. The zero-order chi connectivity index (χ0) is 14.5. The summed E-state index contributed by atoms with van der Waals surface area (Å²) in [5, 5.41) is 2.76. The van der Waals surface area contributed by atoms with Crippen molar-refractivity contribution in [2.75, 3.05) is 0 Å². The number of fused-ring (bicyclic) bond motifs is 1. The van der Waals surface area contributed by atoms with Gasteiger partial charge in [-0.2, -0.15) is 0 Å². The summed E-state index contributed by atoms with van der Waals surface area (Å²) >= 11 is 3.29. The number of aromatic nitrogens is 1. The minimum atomic E-state index is -0.927. The van der Waals surface area contributed by atoms with Crippen LogP contribution in [0.25, 0.3) is 0 Å². The van der Waals surface area contributed by atoms with Gasteiger partial charge in [0.25, 0.3) is 5.91 Å². The molecule has 0 bridgehead atoms. The highest BCUT2D eigenvalue weighted by molar-refractivity contribution is 9.10. The van der Waals surface area contributed by atoms with Gasteiger partial charge in [0.15, 0.2) is 0 Å². The van der Waals surface area contributed by atoms with E-state index < -0.39 is 23.1 Å². The number of rotatable bonds is 1. The van der Waals surface area contributed by atoms with Crippen molar-refractivity contribution >= 4 is 21.8 Å². The highest BCUT2D eigenvalue weighted by Gasteiger charge is 2.37. The fraction of sp³-hybridized carbons (Fsp3) is 0.214. The SMILES string of the molecule is CC1(c2cc(Br)ccc2F)Cn2cc(F)cc2C(=O)N1. The second-order valence-electron chi connectivity index (χ2n) is 5.08. The minimum Gasteiger partial charge on any atom is -0.340 e. The highest BCUT2D eigenvalue weighted by atomic mass is 79.9. The molecular weight excluding hydrogens is 330 g/mol. The van der Waals surface area contributed by atoms with Crippen LogP contribution in [-0.2, 0) is 12.1 Å². The largest absolute Gasteiger partial charge is 0.340 e. The summed E-state index contributed by atoms with van der Waals surface area (Å²) in [6.07, 6.45) is 1.25. The van der Waals surface area contributed by atoms with E-state index in [0.29, 0.717) is 10.0 Å². The molecule has 3 nitrogen and oxygen atoms in total. The monoisotopic (exact) mass is 340 g/mol. The van der Waals surface area contributed by atoms with E-state index in [4.69, 9.17) is 0 Å². The molecule has 1 aliphatic heterocycles. The molecule has 0 saturated heterocycles. The highest BCUT2D eigenvalue weighted by Crippen LogP contribution is 2.31. The van der Waals surface area contributed by atoms with Gasteiger partial charge >= 0.3 is 0 Å². The normalized spacial score (nSPS) is 21.5. The van der Waals surface area contributed by atoms with Gasteiger partial charge in [0.2, 0.25) is 0 Å². The summed E-state index contributed by atoms with van der Waals surface area (Å²) in [5.74, 6) is -1.30. The third-order valence-corrected chi connectivity index (χ3v) is 3.99. The Labute approximate surface area is 122 Å². The number of carbonyl (C=O) groups excluding carboxylic acids is 1. The number of halogens is 3. The quantitative estimate of drug-likeness (QED) is 0.849. The van der Waals surface area contributed by atoms with Gasteiger partial charge in [0.05, 0.1) is 12.1 Å². The zero-order valence-electron chi connectivity index (χ0n) is 10.6. The number of nitrogens with one attached hydrogen (secondary N) is 1. The summed E-state index contributed by atoms with van der Waals surface area (Å²) < 4.78 is 29.6. The Morgan fingerprint density at radius 3 is 2.85 bits per heavy atom. The Hall–Kier alpha value is -1.69. The maximum Gasteiger partial charge on any atom is 0.268 e. The summed E-state index contributed by atoms with van der Waals surface area (Å²) in [6.45, 7) is 1.99. The van der Waals surface area contributed by atoms with Crippen LogP contribution in [0.15, 0.2) is 34.9 Å². The Bertz CT molecular complexity index is 713. The van der Waals surface area contributed by atoms with Crippen LogP contribution in [0.2, 0.25) is 0 Å². The van der Waals surface area contributed by atoms with Crippen LogP contribution in [0.3, 0.4) is 0 Å². The van der Waals surface area contributed by atoms with Crippen LogP contribution in [0.1, 0.15) is 23.0 Å². The van der Waals surface area contributed by atoms with Crippen molar-refractivity contribution in [1.29, 1.82) is 0 Å². The van der Waals surface area contributed by atoms with Crippen LogP contribution in [0.5, 0.6) is 0 Å². The molecule has 0 aliphatic carbocycles. The third kappa shape index (κ3) is 2.04. The molecule has 20 heavy (non-hydrogen) atoms. The molecule has 104 valence electrons. The van der Waals surface area contributed by atoms with E-state index in [1.54, 1.807) is 19.1 Å². The molecule has 1 unspecified atom stereocenters. The molecule has 1 aromatic heterocycles. The second-order valence-corrected chi connectivity index (χ2v) is 6.00. The minimum absolute atomic E-state index is 0.246. The summed E-state index contributed by atoms with van der Waals surface area (Å²) in [5.41, 5.74) is -0.320. The topological polar surface area (TPSA) is 34.0 Å². The van der Waals surface area contributed by atoms with Gasteiger partial charge < -0.3 is 9.88 Å². The summed E-state index contributed by atoms with van der Waals surface area (Å²) in [7, 11) is 0. The van der Waals surface area contributed by atoms with E-state index in [1.165, 1.54) is 22.9 Å². The van der Waals surface area contributed by atoms with Crippen molar-refractivity contribution in [2.24, 2.45) is 0 Å². The van der Waals surface area contributed by atoms with Crippen molar-refractivity contribution in [2.45, 2.75) is 19.0 Å². The van der Waals surface area contributed by atoms with Crippen LogP contribution in [0, 0.1) is 11.6 Å². The van der Waals surface area contributed by atoms with Crippen LogP contribution in [-0.4, -0.2) is 10.5 Å². The molecule has 1 aromatic carbocycles. The number of nitrogens with zero attached hydrogens (tertiary/aromatic N) is 1. The maximum absolute atomic E-state index is 14.1. The molecule has 1 atom stereocenters. The van der Waals surface area contributed by atoms with Crippen molar-refractivity contribution in [3.8, 4) is 0 Å². The number of hydrogen-bond donors (Lipinski definition) is 1. The predicted molar refractivity (Wildman–Crippen MR) is 73.3 cm³/mol. The molecule has 0 saturated carbocycles. The molecule has 1 aliphatic rings. The first-order valence-corrected chi connectivity index (χ1v) is 6.82. The molecule has 2 aromatic rings. The Morgan fingerprint density at radius 1 is 1.35 bits per heavy atom. The first-order valence-electron chi connectivity index (χ1n) is 6.03. The number of hydrogen-bond acceptors (Lipinski definition) is 1. The maximum atomic E-state index is 14.1. The molecule has 0 spiro atoms. The average molecular weight is 341 g/mol. The fourth-order valence-corrected chi connectivity index (χ4v) is 2.92. The van der Waals surface area contributed by atoms with E-state index in [-0.39, 0.29) is 12.2 Å². The van der Waals surface area contributed by atoms with Gasteiger partial charge in [-0.15, -0.1) is 0 Å².